The summed E-state index contributed by atoms with van der Waals surface area (Å²) in [5.74, 6) is 0.500. The van der Waals surface area contributed by atoms with Crippen LogP contribution in [0.4, 0.5) is 4.39 Å². The second-order valence-electron chi connectivity index (χ2n) is 4.39. The molecular weight excluding hydrogens is 281 g/mol. The molecule has 1 aromatic heterocycles. The fourth-order valence-electron chi connectivity index (χ4n) is 1.86. The zero-order valence-electron chi connectivity index (χ0n) is 11.3. The Morgan fingerprint density at radius 3 is 3.05 bits per heavy atom. The third kappa shape index (κ3) is 4.03. The monoisotopic (exact) mass is 297 g/mol. The molecule has 6 heteroatoms. The molecule has 0 saturated carbocycles. The Hall–Kier alpha value is -1.43. The van der Waals surface area contributed by atoms with Crippen LogP contribution in [-0.4, -0.2) is 29.8 Å². The number of nitrogens with zero attached hydrogens (tertiary/aromatic N) is 2. The fraction of sp³-hybridized carbons (Fsp3) is 0.357. The van der Waals surface area contributed by atoms with Gasteiger partial charge in [-0.25, -0.2) is 9.37 Å². The molecule has 108 valence electrons. The minimum absolute atomic E-state index is 0.140. The molecule has 0 spiro atoms. The van der Waals surface area contributed by atoms with E-state index in [1.807, 2.05) is 16.8 Å². The molecule has 0 atom stereocenters. The van der Waals surface area contributed by atoms with E-state index < -0.39 is 5.82 Å². The predicted molar refractivity (Wildman–Crippen MR) is 76.3 cm³/mol. The van der Waals surface area contributed by atoms with Crippen LogP contribution in [-0.2, 0) is 17.8 Å². The summed E-state index contributed by atoms with van der Waals surface area (Å²) in [4.78, 5) is 4.29. The number of nitrogens with one attached hydrogen (secondary N) is 1. The van der Waals surface area contributed by atoms with E-state index in [0.29, 0.717) is 19.7 Å². The van der Waals surface area contributed by atoms with Gasteiger partial charge in [0, 0.05) is 32.6 Å². The molecule has 0 fully saturated rings. The lowest BCUT2D eigenvalue weighted by Crippen LogP contribution is -2.21. The average Bonchev–Trinajstić information content (AvgIpc) is 2.86. The van der Waals surface area contributed by atoms with Crippen molar-refractivity contribution in [3.63, 3.8) is 0 Å². The summed E-state index contributed by atoms with van der Waals surface area (Å²) in [7, 11) is 1.66. The minimum Gasteiger partial charge on any atom is -0.383 e. The number of hydrogen-bond acceptors (Lipinski definition) is 3. The summed E-state index contributed by atoms with van der Waals surface area (Å²) >= 11 is 5.68. The largest absolute Gasteiger partial charge is 0.383 e. The Morgan fingerprint density at radius 2 is 2.30 bits per heavy atom. The van der Waals surface area contributed by atoms with Gasteiger partial charge in [0.2, 0.25) is 0 Å². The van der Waals surface area contributed by atoms with Gasteiger partial charge in [-0.3, -0.25) is 0 Å². The van der Waals surface area contributed by atoms with E-state index >= 15 is 0 Å². The van der Waals surface area contributed by atoms with E-state index in [9.17, 15) is 4.39 Å². The van der Waals surface area contributed by atoms with Crippen molar-refractivity contribution in [2.24, 2.45) is 0 Å². The second-order valence-corrected chi connectivity index (χ2v) is 4.80. The highest BCUT2D eigenvalue weighted by Gasteiger charge is 2.05. The van der Waals surface area contributed by atoms with E-state index in [1.54, 1.807) is 19.4 Å². The quantitative estimate of drug-likeness (QED) is 0.798. The summed E-state index contributed by atoms with van der Waals surface area (Å²) < 4.78 is 20.4. The second kappa shape index (κ2) is 7.38. The Labute approximate surface area is 122 Å². The fourth-order valence-corrected chi connectivity index (χ4v) is 1.98. The zero-order chi connectivity index (χ0) is 14.4. The first-order valence-electron chi connectivity index (χ1n) is 6.34. The highest BCUT2D eigenvalue weighted by atomic mass is 35.5. The van der Waals surface area contributed by atoms with Gasteiger partial charge in [-0.2, -0.15) is 0 Å². The van der Waals surface area contributed by atoms with Crippen LogP contribution in [0.1, 0.15) is 11.4 Å². The molecule has 4 nitrogen and oxygen atoms in total. The van der Waals surface area contributed by atoms with Gasteiger partial charge in [0.15, 0.2) is 0 Å². The Bertz CT molecular complexity index is 559. The molecule has 0 bridgehead atoms. The molecule has 1 aromatic carbocycles. The molecule has 1 heterocycles. The van der Waals surface area contributed by atoms with Crippen molar-refractivity contribution in [2.45, 2.75) is 13.1 Å². The first-order valence-corrected chi connectivity index (χ1v) is 6.72. The summed E-state index contributed by atoms with van der Waals surface area (Å²) in [5, 5.41) is 3.37. The minimum atomic E-state index is -0.399. The van der Waals surface area contributed by atoms with Crippen molar-refractivity contribution >= 4 is 11.6 Å². The van der Waals surface area contributed by atoms with Crippen LogP contribution < -0.4 is 5.32 Å². The number of benzene rings is 1. The molecule has 2 aromatic rings. The van der Waals surface area contributed by atoms with Crippen LogP contribution >= 0.6 is 11.6 Å². The maximum Gasteiger partial charge on any atom is 0.142 e. The number of halogens is 2. The van der Waals surface area contributed by atoms with E-state index in [1.165, 1.54) is 6.07 Å². The Morgan fingerprint density at radius 1 is 1.45 bits per heavy atom. The highest BCUT2D eigenvalue weighted by Crippen LogP contribution is 2.16. The van der Waals surface area contributed by atoms with Crippen molar-refractivity contribution in [3.8, 4) is 0 Å². The van der Waals surface area contributed by atoms with Crippen LogP contribution in [0.5, 0.6) is 0 Å². The summed E-state index contributed by atoms with van der Waals surface area (Å²) in [5.41, 5.74) is 0.850. The number of ether oxygens (including phenoxy) is 1. The molecule has 20 heavy (non-hydrogen) atoms. The van der Waals surface area contributed by atoms with E-state index in [0.717, 1.165) is 17.9 Å². The van der Waals surface area contributed by atoms with Crippen molar-refractivity contribution < 1.29 is 9.13 Å². The maximum atomic E-state index is 13.4. The molecule has 0 aliphatic carbocycles. The van der Waals surface area contributed by atoms with Gasteiger partial charge >= 0.3 is 0 Å². The Balaban J connectivity index is 1.99. The third-order valence-electron chi connectivity index (χ3n) is 2.90. The SMILES string of the molecule is COCCNCc1nccn1Cc1ccc(Cl)c(F)c1. The maximum absolute atomic E-state index is 13.4. The number of aromatic nitrogens is 2. The molecular formula is C14H17ClFN3O. The normalized spacial score (nSPS) is 10.9. The zero-order valence-corrected chi connectivity index (χ0v) is 12.0. The van der Waals surface area contributed by atoms with Gasteiger partial charge in [0.05, 0.1) is 18.2 Å². The molecule has 0 saturated heterocycles. The van der Waals surface area contributed by atoms with Crippen LogP contribution in [0.25, 0.3) is 0 Å². The lowest BCUT2D eigenvalue weighted by molar-refractivity contribution is 0.199. The molecule has 0 radical (unpaired) electrons. The molecule has 0 unspecified atom stereocenters. The first-order chi connectivity index (χ1) is 9.70. The van der Waals surface area contributed by atoms with Gasteiger partial charge in [0.25, 0.3) is 0 Å². The summed E-state index contributed by atoms with van der Waals surface area (Å²) in [6, 6.07) is 4.83. The van der Waals surface area contributed by atoms with Gasteiger partial charge in [-0.15, -0.1) is 0 Å². The molecule has 0 aliphatic rings. The van der Waals surface area contributed by atoms with E-state index in [-0.39, 0.29) is 5.02 Å². The van der Waals surface area contributed by atoms with Crippen molar-refractivity contribution in [1.82, 2.24) is 14.9 Å². The standard InChI is InChI=1S/C14H17ClFN3O/c1-20-7-5-17-9-14-18-4-6-19(14)10-11-2-3-12(15)13(16)8-11/h2-4,6,8,17H,5,7,9-10H2,1H3. The van der Waals surface area contributed by atoms with Crippen LogP contribution in [0, 0.1) is 5.82 Å². The van der Waals surface area contributed by atoms with Gasteiger partial charge < -0.3 is 14.6 Å². The van der Waals surface area contributed by atoms with Crippen LogP contribution in [0.15, 0.2) is 30.6 Å². The lowest BCUT2D eigenvalue weighted by atomic mass is 10.2. The van der Waals surface area contributed by atoms with E-state index in [4.69, 9.17) is 16.3 Å². The molecule has 1 N–H and O–H groups in total. The molecule has 0 aliphatic heterocycles. The highest BCUT2D eigenvalue weighted by molar-refractivity contribution is 6.30. The Kier molecular flexibility index (Phi) is 5.52. The van der Waals surface area contributed by atoms with Gasteiger partial charge in [-0.05, 0) is 17.7 Å². The number of imidazole rings is 1. The third-order valence-corrected chi connectivity index (χ3v) is 3.21. The first kappa shape index (κ1) is 15.0. The number of rotatable bonds is 7. The number of methoxy groups -OCH3 is 1. The van der Waals surface area contributed by atoms with Crippen LogP contribution in [0.3, 0.4) is 0 Å². The lowest BCUT2D eigenvalue weighted by Gasteiger charge is -2.09. The summed E-state index contributed by atoms with van der Waals surface area (Å²) in [6.45, 7) is 2.63. The van der Waals surface area contributed by atoms with Gasteiger partial charge in [0.1, 0.15) is 11.6 Å². The average molecular weight is 298 g/mol. The van der Waals surface area contributed by atoms with E-state index in [2.05, 4.69) is 10.3 Å². The van der Waals surface area contributed by atoms with Crippen molar-refractivity contribution in [2.75, 3.05) is 20.3 Å². The van der Waals surface area contributed by atoms with Crippen molar-refractivity contribution in [3.05, 3.63) is 52.8 Å². The van der Waals surface area contributed by atoms with Gasteiger partial charge in [-0.1, -0.05) is 17.7 Å². The van der Waals surface area contributed by atoms with Crippen LogP contribution in [0.2, 0.25) is 5.02 Å². The molecule has 2 rings (SSSR count). The molecule has 0 amide bonds. The number of hydrogen-bond donors (Lipinski definition) is 1. The smallest absolute Gasteiger partial charge is 0.142 e. The topological polar surface area (TPSA) is 39.1 Å². The predicted octanol–water partition coefficient (Wildman–Crippen LogP) is 2.46. The van der Waals surface area contributed by atoms with Crippen molar-refractivity contribution in [1.29, 1.82) is 0 Å². The summed E-state index contributed by atoms with van der Waals surface area (Å²) in [6.07, 6.45) is 3.61.